The summed E-state index contributed by atoms with van der Waals surface area (Å²) in [4.78, 5) is 2.48. The smallest absolute Gasteiger partial charge is 0.0964 e. The lowest BCUT2D eigenvalue weighted by atomic mass is 10.4. The molecular formula is C14H23N5. The summed E-state index contributed by atoms with van der Waals surface area (Å²) in [6.45, 7) is 7.62. The lowest BCUT2D eigenvalue weighted by Crippen LogP contribution is -2.30. The Hall–Kier alpha value is -1.20. The monoisotopic (exact) mass is 261 g/mol. The zero-order valence-corrected chi connectivity index (χ0v) is 11.5. The third-order valence-corrected chi connectivity index (χ3v) is 3.78. The fourth-order valence-electron chi connectivity index (χ4n) is 2.32. The Morgan fingerprint density at radius 3 is 2.95 bits per heavy atom. The zero-order chi connectivity index (χ0) is 13.1. The van der Waals surface area contributed by atoms with Crippen molar-refractivity contribution < 1.29 is 0 Å². The highest BCUT2D eigenvalue weighted by molar-refractivity contribution is 4.94. The summed E-state index contributed by atoms with van der Waals surface area (Å²) in [5.41, 5.74) is 1.05. The first-order valence-corrected chi connectivity index (χ1v) is 7.32. The molecule has 5 heteroatoms. The first-order chi connectivity index (χ1) is 9.35. The molecule has 1 heterocycles. The van der Waals surface area contributed by atoms with E-state index in [9.17, 15) is 0 Å². The second-order valence-corrected chi connectivity index (χ2v) is 5.64. The molecule has 2 aliphatic rings. The van der Waals surface area contributed by atoms with Crippen LogP contribution in [-0.2, 0) is 13.1 Å². The minimum atomic E-state index is 0.725. The van der Waals surface area contributed by atoms with E-state index in [4.69, 9.17) is 0 Å². The molecule has 1 N–H and O–H groups in total. The molecule has 3 rings (SSSR count). The Morgan fingerprint density at radius 1 is 1.42 bits per heavy atom. The average molecular weight is 261 g/mol. The SMILES string of the molecule is C=CCN(CCn1cc(CNC2CC2)nn1)C1CC1. The molecule has 0 radical (unpaired) electrons. The highest BCUT2D eigenvalue weighted by Crippen LogP contribution is 2.26. The van der Waals surface area contributed by atoms with Crippen molar-refractivity contribution in [2.24, 2.45) is 0 Å². The maximum absolute atomic E-state index is 4.21. The molecule has 0 bridgehead atoms. The average Bonchev–Trinajstić information content (AvgIpc) is 3.32. The molecule has 0 amide bonds. The largest absolute Gasteiger partial charge is 0.308 e. The van der Waals surface area contributed by atoms with E-state index in [-0.39, 0.29) is 0 Å². The molecule has 2 saturated carbocycles. The van der Waals surface area contributed by atoms with Gasteiger partial charge in [-0.15, -0.1) is 11.7 Å². The van der Waals surface area contributed by atoms with E-state index in [0.29, 0.717) is 0 Å². The predicted molar refractivity (Wildman–Crippen MR) is 74.7 cm³/mol. The van der Waals surface area contributed by atoms with Crippen LogP contribution in [0.2, 0.25) is 0 Å². The van der Waals surface area contributed by atoms with Crippen LogP contribution >= 0.6 is 0 Å². The number of nitrogens with zero attached hydrogens (tertiary/aromatic N) is 4. The van der Waals surface area contributed by atoms with Gasteiger partial charge in [-0.3, -0.25) is 9.58 Å². The summed E-state index contributed by atoms with van der Waals surface area (Å²) in [6, 6.07) is 1.50. The quantitative estimate of drug-likeness (QED) is 0.678. The van der Waals surface area contributed by atoms with E-state index < -0.39 is 0 Å². The Balaban J connectivity index is 1.44. The maximum atomic E-state index is 4.21. The van der Waals surface area contributed by atoms with Gasteiger partial charge >= 0.3 is 0 Å². The van der Waals surface area contributed by atoms with Crippen LogP contribution in [0.15, 0.2) is 18.9 Å². The van der Waals surface area contributed by atoms with E-state index >= 15 is 0 Å². The Labute approximate surface area is 114 Å². The molecule has 104 valence electrons. The zero-order valence-electron chi connectivity index (χ0n) is 11.5. The molecule has 0 aliphatic heterocycles. The van der Waals surface area contributed by atoms with Crippen molar-refractivity contribution in [3.8, 4) is 0 Å². The van der Waals surface area contributed by atoms with E-state index in [1.807, 2.05) is 10.8 Å². The van der Waals surface area contributed by atoms with Gasteiger partial charge < -0.3 is 5.32 Å². The standard InChI is InChI=1S/C14H23N5/c1-2-7-18(14-5-6-14)8-9-19-11-13(16-17-19)10-15-12-3-4-12/h2,11-12,14-15H,1,3-10H2. The lowest BCUT2D eigenvalue weighted by Gasteiger charge is -2.19. The van der Waals surface area contributed by atoms with Crippen LogP contribution < -0.4 is 5.32 Å². The van der Waals surface area contributed by atoms with Crippen molar-refractivity contribution in [3.63, 3.8) is 0 Å². The molecular weight excluding hydrogens is 238 g/mol. The van der Waals surface area contributed by atoms with Crippen LogP contribution in [0.3, 0.4) is 0 Å². The minimum absolute atomic E-state index is 0.725. The van der Waals surface area contributed by atoms with Crippen LogP contribution in [0.25, 0.3) is 0 Å². The first-order valence-electron chi connectivity index (χ1n) is 7.32. The fourth-order valence-corrected chi connectivity index (χ4v) is 2.32. The molecule has 0 unspecified atom stereocenters. The van der Waals surface area contributed by atoms with Crippen molar-refractivity contribution in [2.45, 2.75) is 50.9 Å². The third-order valence-electron chi connectivity index (χ3n) is 3.78. The molecule has 1 aromatic heterocycles. The van der Waals surface area contributed by atoms with Gasteiger partial charge in [-0.25, -0.2) is 0 Å². The minimum Gasteiger partial charge on any atom is -0.308 e. The normalized spacial score (nSPS) is 19.0. The number of aromatic nitrogens is 3. The molecule has 0 spiro atoms. The van der Waals surface area contributed by atoms with Gasteiger partial charge in [-0.2, -0.15) is 0 Å². The van der Waals surface area contributed by atoms with Crippen LogP contribution in [0.1, 0.15) is 31.4 Å². The van der Waals surface area contributed by atoms with Crippen LogP contribution in [0, 0.1) is 0 Å². The molecule has 2 aliphatic carbocycles. The summed E-state index contributed by atoms with van der Waals surface area (Å²) >= 11 is 0. The van der Waals surface area contributed by atoms with Gasteiger partial charge in [0.25, 0.3) is 0 Å². The summed E-state index contributed by atoms with van der Waals surface area (Å²) in [6.07, 6.45) is 9.35. The lowest BCUT2D eigenvalue weighted by molar-refractivity contribution is 0.273. The topological polar surface area (TPSA) is 46.0 Å². The predicted octanol–water partition coefficient (Wildman–Crippen LogP) is 1.18. The fraction of sp³-hybridized carbons (Fsp3) is 0.714. The van der Waals surface area contributed by atoms with Crippen molar-refractivity contribution in [1.29, 1.82) is 0 Å². The molecule has 19 heavy (non-hydrogen) atoms. The molecule has 1 aromatic rings. The van der Waals surface area contributed by atoms with Crippen molar-refractivity contribution in [3.05, 3.63) is 24.5 Å². The number of rotatable bonds is 9. The van der Waals surface area contributed by atoms with Crippen LogP contribution in [0.4, 0.5) is 0 Å². The molecule has 0 aromatic carbocycles. The molecule has 0 atom stereocenters. The Bertz CT molecular complexity index is 419. The summed E-state index contributed by atoms with van der Waals surface area (Å²) in [5.74, 6) is 0. The number of hydrogen-bond acceptors (Lipinski definition) is 4. The van der Waals surface area contributed by atoms with Gasteiger partial charge in [0.1, 0.15) is 0 Å². The second kappa shape index (κ2) is 5.84. The van der Waals surface area contributed by atoms with Crippen molar-refractivity contribution >= 4 is 0 Å². The molecule has 0 saturated heterocycles. The molecule has 5 nitrogen and oxygen atoms in total. The summed E-state index contributed by atoms with van der Waals surface area (Å²) in [7, 11) is 0. The maximum Gasteiger partial charge on any atom is 0.0964 e. The Morgan fingerprint density at radius 2 is 2.26 bits per heavy atom. The van der Waals surface area contributed by atoms with Gasteiger partial charge in [-0.05, 0) is 25.7 Å². The summed E-state index contributed by atoms with van der Waals surface area (Å²) in [5, 5.41) is 11.9. The van der Waals surface area contributed by atoms with E-state index in [2.05, 4.69) is 33.3 Å². The first kappa shape index (κ1) is 12.8. The van der Waals surface area contributed by atoms with Gasteiger partial charge in [0.05, 0.1) is 12.2 Å². The van der Waals surface area contributed by atoms with E-state index in [1.165, 1.54) is 25.7 Å². The number of nitrogens with one attached hydrogen (secondary N) is 1. The highest BCUT2D eigenvalue weighted by atomic mass is 15.4. The third kappa shape index (κ3) is 3.88. The molecule has 2 fully saturated rings. The van der Waals surface area contributed by atoms with Gasteiger partial charge in [-0.1, -0.05) is 11.3 Å². The highest BCUT2D eigenvalue weighted by Gasteiger charge is 2.27. The van der Waals surface area contributed by atoms with E-state index in [0.717, 1.165) is 44.0 Å². The van der Waals surface area contributed by atoms with Crippen LogP contribution in [0.5, 0.6) is 0 Å². The van der Waals surface area contributed by atoms with Crippen LogP contribution in [-0.4, -0.2) is 45.1 Å². The van der Waals surface area contributed by atoms with Gasteiger partial charge in [0, 0.05) is 37.9 Å². The summed E-state index contributed by atoms with van der Waals surface area (Å²) < 4.78 is 1.96. The van der Waals surface area contributed by atoms with Gasteiger partial charge in [0.15, 0.2) is 0 Å². The van der Waals surface area contributed by atoms with Crippen molar-refractivity contribution in [2.75, 3.05) is 13.1 Å². The van der Waals surface area contributed by atoms with Crippen molar-refractivity contribution in [1.82, 2.24) is 25.2 Å². The Kier molecular flexibility index (Phi) is 3.94. The number of hydrogen-bond donors (Lipinski definition) is 1. The van der Waals surface area contributed by atoms with E-state index in [1.54, 1.807) is 0 Å². The second-order valence-electron chi connectivity index (χ2n) is 5.64. The van der Waals surface area contributed by atoms with Gasteiger partial charge in [0.2, 0.25) is 0 Å².